The minimum Gasteiger partial charge on any atom is -0.495 e. The van der Waals surface area contributed by atoms with Crippen LogP contribution in [0.1, 0.15) is 41.7 Å². The molecule has 1 N–H and O–H groups in total. The summed E-state index contributed by atoms with van der Waals surface area (Å²) in [6.07, 6.45) is 2.99. The Morgan fingerprint density at radius 3 is 2.70 bits per heavy atom. The number of methoxy groups -OCH3 is 2. The number of esters is 1. The number of para-hydroxylation sites is 2. The molecule has 7 nitrogen and oxygen atoms in total. The second-order valence-corrected chi connectivity index (χ2v) is 6.82. The fourth-order valence-corrected chi connectivity index (χ4v) is 3.27. The molecule has 2 rings (SSSR count). The zero-order chi connectivity index (χ0) is 19.6. The van der Waals surface area contributed by atoms with Gasteiger partial charge in [0.15, 0.2) is 5.69 Å². The van der Waals surface area contributed by atoms with E-state index in [1.54, 1.807) is 29.5 Å². The van der Waals surface area contributed by atoms with Gasteiger partial charge >= 0.3 is 12.0 Å². The monoisotopic (exact) mass is 391 g/mol. The van der Waals surface area contributed by atoms with Crippen LogP contribution >= 0.6 is 11.3 Å². The molecule has 0 unspecified atom stereocenters. The fraction of sp³-hybridized carbons (Fsp3) is 0.421. The number of nitrogens with zero attached hydrogens (tertiary/aromatic N) is 2. The summed E-state index contributed by atoms with van der Waals surface area (Å²) in [5.74, 6) is 0.120. The SMILES string of the molecule is CCCCCN(Cc1nc(C(=O)OC)cs1)C(=O)Nc1ccccc1OC. The molecule has 0 saturated heterocycles. The van der Waals surface area contributed by atoms with E-state index < -0.39 is 5.97 Å². The lowest BCUT2D eigenvalue weighted by Crippen LogP contribution is -2.35. The van der Waals surface area contributed by atoms with Crippen molar-refractivity contribution in [1.82, 2.24) is 9.88 Å². The van der Waals surface area contributed by atoms with Crippen molar-refractivity contribution in [2.24, 2.45) is 0 Å². The number of hydrogen-bond acceptors (Lipinski definition) is 6. The lowest BCUT2D eigenvalue weighted by molar-refractivity contribution is 0.0594. The van der Waals surface area contributed by atoms with E-state index in [2.05, 4.69) is 22.0 Å². The van der Waals surface area contributed by atoms with Crippen LogP contribution in [-0.4, -0.2) is 42.6 Å². The zero-order valence-corrected chi connectivity index (χ0v) is 16.7. The molecule has 2 aromatic rings. The Kier molecular flexibility index (Phi) is 8.06. The van der Waals surface area contributed by atoms with Crippen LogP contribution in [0.3, 0.4) is 0 Å². The molecule has 0 aliphatic rings. The van der Waals surface area contributed by atoms with Gasteiger partial charge in [-0.15, -0.1) is 11.3 Å². The number of thiazole rings is 1. The molecule has 0 radical (unpaired) electrons. The molecule has 0 atom stereocenters. The first kappa shape index (κ1) is 20.7. The average molecular weight is 391 g/mol. The van der Waals surface area contributed by atoms with E-state index in [-0.39, 0.29) is 11.7 Å². The van der Waals surface area contributed by atoms with Crippen LogP contribution < -0.4 is 10.1 Å². The Morgan fingerprint density at radius 1 is 1.22 bits per heavy atom. The summed E-state index contributed by atoms with van der Waals surface area (Å²) in [6.45, 7) is 3.04. The summed E-state index contributed by atoms with van der Waals surface area (Å²) in [6, 6.07) is 7.03. The number of carbonyl (C=O) groups is 2. The van der Waals surface area contributed by atoms with Crippen molar-refractivity contribution in [3.8, 4) is 5.75 Å². The summed E-state index contributed by atoms with van der Waals surface area (Å²) in [7, 11) is 2.88. The molecule has 146 valence electrons. The summed E-state index contributed by atoms with van der Waals surface area (Å²) in [5.41, 5.74) is 0.871. The number of amides is 2. The Balaban J connectivity index is 2.11. The predicted molar refractivity (Wildman–Crippen MR) is 105 cm³/mol. The molecular weight excluding hydrogens is 366 g/mol. The first-order chi connectivity index (χ1) is 13.1. The maximum absolute atomic E-state index is 12.8. The van der Waals surface area contributed by atoms with E-state index >= 15 is 0 Å². The van der Waals surface area contributed by atoms with Gasteiger partial charge in [-0.25, -0.2) is 14.6 Å². The van der Waals surface area contributed by atoms with Gasteiger partial charge in [-0.05, 0) is 18.6 Å². The van der Waals surface area contributed by atoms with Gasteiger partial charge in [0.2, 0.25) is 0 Å². The highest BCUT2D eigenvalue weighted by molar-refractivity contribution is 7.09. The van der Waals surface area contributed by atoms with Gasteiger partial charge in [-0.1, -0.05) is 31.9 Å². The Labute approximate surface area is 163 Å². The average Bonchev–Trinajstić information content (AvgIpc) is 3.15. The van der Waals surface area contributed by atoms with Crippen LogP contribution in [-0.2, 0) is 11.3 Å². The highest BCUT2D eigenvalue weighted by atomic mass is 32.1. The first-order valence-electron chi connectivity index (χ1n) is 8.80. The Bertz CT molecular complexity index is 763. The van der Waals surface area contributed by atoms with E-state index in [9.17, 15) is 9.59 Å². The van der Waals surface area contributed by atoms with Crippen LogP contribution in [0.15, 0.2) is 29.6 Å². The van der Waals surface area contributed by atoms with Crippen LogP contribution in [0.4, 0.5) is 10.5 Å². The molecule has 8 heteroatoms. The molecule has 0 aliphatic heterocycles. The van der Waals surface area contributed by atoms with Gasteiger partial charge in [0.05, 0.1) is 26.5 Å². The Morgan fingerprint density at radius 2 is 2.00 bits per heavy atom. The number of nitrogens with one attached hydrogen (secondary N) is 1. The third kappa shape index (κ3) is 5.96. The standard InChI is InChI=1S/C19H25N3O4S/c1-4-5-8-11-22(12-17-20-15(13-27-17)18(23)26-3)19(24)21-14-9-6-7-10-16(14)25-2/h6-7,9-10,13H,4-5,8,11-12H2,1-3H3,(H,21,24). The van der Waals surface area contributed by atoms with Crippen LogP contribution in [0.2, 0.25) is 0 Å². The number of hydrogen-bond donors (Lipinski definition) is 1. The van der Waals surface area contributed by atoms with E-state index in [0.29, 0.717) is 29.5 Å². The van der Waals surface area contributed by atoms with E-state index in [1.807, 2.05) is 12.1 Å². The lowest BCUT2D eigenvalue weighted by Gasteiger charge is -2.22. The molecule has 1 heterocycles. The van der Waals surface area contributed by atoms with E-state index in [1.165, 1.54) is 18.4 Å². The molecule has 0 saturated carbocycles. The molecule has 0 bridgehead atoms. The van der Waals surface area contributed by atoms with Gasteiger partial charge in [0, 0.05) is 11.9 Å². The van der Waals surface area contributed by atoms with Crippen LogP contribution in [0.25, 0.3) is 0 Å². The first-order valence-corrected chi connectivity index (χ1v) is 9.68. The second-order valence-electron chi connectivity index (χ2n) is 5.88. The minimum absolute atomic E-state index is 0.231. The number of urea groups is 1. The smallest absolute Gasteiger partial charge is 0.357 e. The number of anilines is 1. The van der Waals surface area contributed by atoms with E-state index in [0.717, 1.165) is 19.3 Å². The predicted octanol–water partition coefficient (Wildman–Crippen LogP) is 4.16. The van der Waals surface area contributed by atoms with Crippen molar-refractivity contribution in [1.29, 1.82) is 0 Å². The molecule has 1 aromatic heterocycles. The van der Waals surface area contributed by atoms with Gasteiger partial charge < -0.3 is 19.7 Å². The third-order valence-corrected chi connectivity index (χ3v) is 4.77. The van der Waals surface area contributed by atoms with Crippen molar-refractivity contribution in [3.05, 3.63) is 40.3 Å². The van der Waals surface area contributed by atoms with Crippen molar-refractivity contribution in [3.63, 3.8) is 0 Å². The van der Waals surface area contributed by atoms with E-state index in [4.69, 9.17) is 4.74 Å². The number of benzene rings is 1. The molecular formula is C19H25N3O4S. The number of aromatic nitrogens is 1. The largest absolute Gasteiger partial charge is 0.495 e. The van der Waals surface area contributed by atoms with Gasteiger partial charge in [-0.2, -0.15) is 0 Å². The normalized spacial score (nSPS) is 10.3. The van der Waals surface area contributed by atoms with Crippen molar-refractivity contribution >= 4 is 29.0 Å². The topological polar surface area (TPSA) is 80.8 Å². The molecule has 0 spiro atoms. The maximum atomic E-state index is 12.8. The number of carbonyl (C=O) groups excluding carboxylic acids is 2. The van der Waals surface area contributed by atoms with Crippen LogP contribution in [0.5, 0.6) is 5.75 Å². The quantitative estimate of drug-likeness (QED) is 0.513. The summed E-state index contributed by atoms with van der Waals surface area (Å²) >= 11 is 1.33. The Hall–Kier alpha value is -2.61. The highest BCUT2D eigenvalue weighted by Gasteiger charge is 2.18. The second kappa shape index (κ2) is 10.5. The zero-order valence-electron chi connectivity index (χ0n) is 15.9. The highest BCUT2D eigenvalue weighted by Crippen LogP contribution is 2.24. The minimum atomic E-state index is -0.478. The fourth-order valence-electron chi connectivity index (χ4n) is 2.49. The molecule has 2 amide bonds. The molecule has 0 fully saturated rings. The van der Waals surface area contributed by atoms with Crippen LogP contribution in [0, 0.1) is 0 Å². The van der Waals surface area contributed by atoms with Gasteiger partial charge in [-0.3, -0.25) is 0 Å². The van der Waals surface area contributed by atoms with Gasteiger partial charge in [0.1, 0.15) is 10.8 Å². The van der Waals surface area contributed by atoms with Crippen molar-refractivity contribution < 1.29 is 19.1 Å². The molecule has 27 heavy (non-hydrogen) atoms. The number of unbranched alkanes of at least 4 members (excludes halogenated alkanes) is 2. The van der Waals surface area contributed by atoms with Crippen molar-refractivity contribution in [2.45, 2.75) is 32.7 Å². The number of ether oxygens (including phenoxy) is 2. The lowest BCUT2D eigenvalue weighted by atomic mass is 10.2. The molecule has 0 aliphatic carbocycles. The maximum Gasteiger partial charge on any atom is 0.357 e. The summed E-state index contributed by atoms with van der Waals surface area (Å²) < 4.78 is 9.97. The van der Waals surface area contributed by atoms with Gasteiger partial charge in [0.25, 0.3) is 0 Å². The molecule has 1 aromatic carbocycles. The summed E-state index contributed by atoms with van der Waals surface area (Å²) in [4.78, 5) is 30.4. The van der Waals surface area contributed by atoms with Crippen molar-refractivity contribution in [2.75, 3.05) is 26.1 Å². The number of rotatable bonds is 9. The third-order valence-electron chi connectivity index (χ3n) is 3.94. The summed E-state index contributed by atoms with van der Waals surface area (Å²) in [5, 5.41) is 5.22.